The van der Waals surface area contributed by atoms with Gasteiger partial charge in [-0.05, 0) is 50.4 Å². The van der Waals surface area contributed by atoms with Crippen molar-refractivity contribution < 1.29 is 19.1 Å². The molecule has 1 aromatic rings. The van der Waals surface area contributed by atoms with Gasteiger partial charge in [0.25, 0.3) is 11.8 Å². The minimum atomic E-state index is -0.208. The van der Waals surface area contributed by atoms with Gasteiger partial charge in [-0.3, -0.25) is 9.59 Å². The predicted octanol–water partition coefficient (Wildman–Crippen LogP) is 1.41. The molecule has 1 aliphatic rings. The van der Waals surface area contributed by atoms with Crippen LogP contribution in [0.1, 0.15) is 37.6 Å². The molecule has 1 aromatic carbocycles. The van der Waals surface area contributed by atoms with E-state index >= 15 is 0 Å². The van der Waals surface area contributed by atoms with Crippen LogP contribution in [0.2, 0.25) is 0 Å². The maximum Gasteiger partial charge on any atom is 0.258 e. The van der Waals surface area contributed by atoms with Crippen LogP contribution < -0.4 is 20.5 Å². The fourth-order valence-electron chi connectivity index (χ4n) is 2.97. The summed E-state index contributed by atoms with van der Waals surface area (Å²) < 4.78 is 10.8. The van der Waals surface area contributed by atoms with Crippen LogP contribution in [0.25, 0.3) is 0 Å². The van der Waals surface area contributed by atoms with Gasteiger partial charge in [-0.25, -0.2) is 0 Å². The molecule has 1 unspecified atom stereocenters. The molecule has 0 aromatic heterocycles. The van der Waals surface area contributed by atoms with Crippen LogP contribution in [-0.4, -0.2) is 56.1 Å². The van der Waals surface area contributed by atoms with E-state index in [-0.39, 0.29) is 29.9 Å². The molecule has 7 nitrogen and oxygen atoms in total. The van der Waals surface area contributed by atoms with Crippen LogP contribution in [0.5, 0.6) is 11.5 Å². The first-order valence-corrected chi connectivity index (χ1v) is 8.87. The standard InChI is InChI=1S/C19H29N3O4/c1-13(2)21-17(23)10-26-15-6-5-14(9-16(15)25-4)18(24)22-8-7-19(3,11-20)12-22/h5-6,9,13H,7-8,10-12,20H2,1-4H3,(H,21,23). The van der Waals surface area contributed by atoms with Gasteiger partial charge in [0.15, 0.2) is 18.1 Å². The lowest BCUT2D eigenvalue weighted by Gasteiger charge is -2.23. The normalized spacial score (nSPS) is 19.5. The largest absolute Gasteiger partial charge is 0.493 e. The first-order valence-electron chi connectivity index (χ1n) is 8.87. The Bertz CT molecular complexity index is 662. The van der Waals surface area contributed by atoms with E-state index in [1.54, 1.807) is 18.2 Å². The summed E-state index contributed by atoms with van der Waals surface area (Å²) in [4.78, 5) is 26.3. The number of benzene rings is 1. The molecule has 2 rings (SSSR count). The molecular weight excluding hydrogens is 334 g/mol. The molecule has 1 fully saturated rings. The summed E-state index contributed by atoms with van der Waals surface area (Å²) in [6.07, 6.45) is 0.901. The zero-order valence-electron chi connectivity index (χ0n) is 16.0. The smallest absolute Gasteiger partial charge is 0.258 e. The summed E-state index contributed by atoms with van der Waals surface area (Å²) >= 11 is 0. The SMILES string of the molecule is COc1cc(C(=O)N2CCC(C)(CN)C2)ccc1OCC(=O)NC(C)C. The van der Waals surface area contributed by atoms with E-state index in [2.05, 4.69) is 12.2 Å². The molecule has 0 saturated carbocycles. The second-order valence-electron chi connectivity index (χ2n) is 7.37. The van der Waals surface area contributed by atoms with Crippen molar-refractivity contribution in [1.29, 1.82) is 0 Å². The van der Waals surface area contributed by atoms with E-state index < -0.39 is 0 Å². The number of carbonyl (C=O) groups is 2. The number of rotatable bonds is 7. The van der Waals surface area contributed by atoms with Crippen molar-refractivity contribution in [3.63, 3.8) is 0 Å². The number of hydrogen-bond donors (Lipinski definition) is 2. The van der Waals surface area contributed by atoms with Crippen LogP contribution >= 0.6 is 0 Å². The van der Waals surface area contributed by atoms with Gasteiger partial charge >= 0.3 is 0 Å². The van der Waals surface area contributed by atoms with E-state index in [9.17, 15) is 9.59 Å². The van der Waals surface area contributed by atoms with Crippen LogP contribution in [0.3, 0.4) is 0 Å². The number of carbonyl (C=O) groups excluding carboxylic acids is 2. The van der Waals surface area contributed by atoms with Crippen molar-refractivity contribution in [3.8, 4) is 11.5 Å². The maximum atomic E-state index is 12.7. The Morgan fingerprint density at radius 1 is 1.35 bits per heavy atom. The summed E-state index contributed by atoms with van der Waals surface area (Å²) in [6.45, 7) is 7.66. The van der Waals surface area contributed by atoms with Gasteiger partial charge in [0.05, 0.1) is 7.11 Å². The van der Waals surface area contributed by atoms with Crippen molar-refractivity contribution >= 4 is 11.8 Å². The first-order chi connectivity index (χ1) is 12.3. The summed E-state index contributed by atoms with van der Waals surface area (Å²) in [6, 6.07) is 5.05. The Labute approximate surface area is 154 Å². The maximum absolute atomic E-state index is 12.7. The third kappa shape index (κ3) is 4.88. The van der Waals surface area contributed by atoms with Crippen LogP contribution in [-0.2, 0) is 4.79 Å². The molecule has 1 aliphatic heterocycles. The average Bonchev–Trinajstić information content (AvgIpc) is 3.01. The second-order valence-corrected chi connectivity index (χ2v) is 7.37. The first kappa shape index (κ1) is 20.0. The zero-order chi connectivity index (χ0) is 19.3. The molecule has 2 amide bonds. The molecule has 7 heteroatoms. The third-order valence-electron chi connectivity index (χ3n) is 4.56. The molecular formula is C19H29N3O4. The lowest BCUT2D eigenvalue weighted by atomic mass is 9.90. The van der Waals surface area contributed by atoms with Gasteiger partial charge in [0, 0.05) is 24.7 Å². The minimum absolute atomic E-state index is 0.0213. The Morgan fingerprint density at radius 2 is 2.08 bits per heavy atom. The Kier molecular flexibility index (Phi) is 6.47. The summed E-state index contributed by atoms with van der Waals surface area (Å²) in [5, 5.41) is 2.75. The Morgan fingerprint density at radius 3 is 2.65 bits per heavy atom. The highest BCUT2D eigenvalue weighted by Gasteiger charge is 2.35. The number of amides is 2. The van der Waals surface area contributed by atoms with Crippen molar-refractivity contribution in [2.75, 3.05) is 33.4 Å². The van der Waals surface area contributed by atoms with Crippen molar-refractivity contribution in [2.24, 2.45) is 11.1 Å². The fraction of sp³-hybridized carbons (Fsp3) is 0.579. The van der Waals surface area contributed by atoms with E-state index in [1.165, 1.54) is 7.11 Å². The lowest BCUT2D eigenvalue weighted by Crippen LogP contribution is -2.34. The van der Waals surface area contributed by atoms with Crippen LogP contribution in [0.4, 0.5) is 0 Å². The minimum Gasteiger partial charge on any atom is -0.493 e. The van der Waals surface area contributed by atoms with Crippen molar-refractivity contribution in [3.05, 3.63) is 23.8 Å². The van der Waals surface area contributed by atoms with E-state index in [0.717, 1.165) is 6.42 Å². The third-order valence-corrected chi connectivity index (χ3v) is 4.56. The molecule has 0 radical (unpaired) electrons. The number of nitrogens with two attached hydrogens (primary N) is 1. The lowest BCUT2D eigenvalue weighted by molar-refractivity contribution is -0.123. The molecule has 3 N–H and O–H groups in total. The number of likely N-dealkylation sites (tertiary alicyclic amines) is 1. The highest BCUT2D eigenvalue weighted by Crippen LogP contribution is 2.32. The molecule has 0 bridgehead atoms. The topological polar surface area (TPSA) is 93.9 Å². The van der Waals surface area contributed by atoms with Gasteiger partial charge in [0.2, 0.25) is 0 Å². The number of methoxy groups -OCH3 is 1. The van der Waals surface area contributed by atoms with Crippen LogP contribution in [0, 0.1) is 5.41 Å². The quantitative estimate of drug-likeness (QED) is 0.764. The molecule has 1 atom stereocenters. The van der Waals surface area contributed by atoms with E-state index in [1.807, 2.05) is 18.7 Å². The van der Waals surface area contributed by atoms with Gasteiger partial charge in [-0.2, -0.15) is 0 Å². The monoisotopic (exact) mass is 363 g/mol. The fourth-order valence-corrected chi connectivity index (χ4v) is 2.97. The predicted molar refractivity (Wildman–Crippen MR) is 99.4 cm³/mol. The van der Waals surface area contributed by atoms with Gasteiger partial charge in [-0.15, -0.1) is 0 Å². The van der Waals surface area contributed by atoms with Gasteiger partial charge < -0.3 is 25.4 Å². The number of hydrogen-bond acceptors (Lipinski definition) is 5. The molecule has 1 heterocycles. The molecule has 144 valence electrons. The Hall–Kier alpha value is -2.28. The highest BCUT2D eigenvalue weighted by molar-refractivity contribution is 5.95. The van der Waals surface area contributed by atoms with Crippen molar-refractivity contribution in [1.82, 2.24) is 10.2 Å². The number of nitrogens with one attached hydrogen (secondary N) is 1. The van der Waals surface area contributed by atoms with Gasteiger partial charge in [0.1, 0.15) is 0 Å². The van der Waals surface area contributed by atoms with Crippen molar-refractivity contribution in [2.45, 2.75) is 33.2 Å². The van der Waals surface area contributed by atoms with Gasteiger partial charge in [-0.1, -0.05) is 6.92 Å². The van der Waals surface area contributed by atoms with E-state index in [0.29, 0.717) is 36.7 Å². The Balaban J connectivity index is 2.06. The second kappa shape index (κ2) is 8.40. The van der Waals surface area contributed by atoms with E-state index in [4.69, 9.17) is 15.2 Å². The summed E-state index contributed by atoms with van der Waals surface area (Å²) in [5.41, 5.74) is 6.32. The van der Waals surface area contributed by atoms with Crippen LogP contribution in [0.15, 0.2) is 18.2 Å². The molecule has 0 aliphatic carbocycles. The summed E-state index contributed by atoms with van der Waals surface area (Å²) in [7, 11) is 1.51. The highest BCUT2D eigenvalue weighted by atomic mass is 16.5. The number of nitrogens with zero attached hydrogens (tertiary/aromatic N) is 1. The molecule has 0 spiro atoms. The zero-order valence-corrected chi connectivity index (χ0v) is 16.0. The average molecular weight is 363 g/mol. The number of ether oxygens (including phenoxy) is 2. The summed E-state index contributed by atoms with van der Waals surface area (Å²) in [5.74, 6) is 0.593. The molecule has 26 heavy (non-hydrogen) atoms. The molecule has 1 saturated heterocycles.